The first-order valence-corrected chi connectivity index (χ1v) is 6.93. The van der Waals surface area contributed by atoms with Gasteiger partial charge in [-0.2, -0.15) is 0 Å². The second-order valence-electron chi connectivity index (χ2n) is 3.90. The quantitative estimate of drug-likeness (QED) is 0.621. The number of aromatic nitrogens is 3. The molecule has 0 spiro atoms. The maximum Gasteiger partial charge on any atom is 0.261 e. The first kappa shape index (κ1) is 14.2. The van der Waals surface area contributed by atoms with E-state index in [1.807, 2.05) is 0 Å². The minimum absolute atomic E-state index is 0.106. The molecule has 0 atom stereocenters. The van der Waals surface area contributed by atoms with E-state index in [0.29, 0.717) is 11.4 Å². The van der Waals surface area contributed by atoms with Crippen molar-refractivity contribution in [3.63, 3.8) is 0 Å². The first-order chi connectivity index (χ1) is 9.79. The van der Waals surface area contributed by atoms with Gasteiger partial charge in [-0.1, -0.05) is 17.1 Å². The predicted molar refractivity (Wildman–Crippen MR) is 75.3 cm³/mol. The highest BCUT2D eigenvalue weighted by Crippen LogP contribution is 2.15. The Bertz CT molecular complexity index is 610. The summed E-state index contributed by atoms with van der Waals surface area (Å²) >= 11 is 1.31. The van der Waals surface area contributed by atoms with Crippen LogP contribution in [0.2, 0.25) is 0 Å². The van der Waals surface area contributed by atoms with Gasteiger partial charge >= 0.3 is 0 Å². The van der Waals surface area contributed by atoms with Gasteiger partial charge in [0, 0.05) is 19.3 Å². The molecule has 0 bridgehead atoms. The monoisotopic (exact) mass is 290 g/mol. The summed E-state index contributed by atoms with van der Waals surface area (Å²) in [6.45, 7) is 1.12. The van der Waals surface area contributed by atoms with Crippen LogP contribution in [0.3, 0.4) is 0 Å². The molecular formula is C13H14N4O2S. The van der Waals surface area contributed by atoms with Crippen molar-refractivity contribution in [1.29, 1.82) is 0 Å². The fourth-order valence-electron chi connectivity index (χ4n) is 1.54. The molecule has 0 radical (unpaired) electrons. The summed E-state index contributed by atoms with van der Waals surface area (Å²) in [5.41, 5.74) is 0. The second-order valence-corrected chi connectivity index (χ2v) is 4.98. The molecule has 2 aromatic rings. The van der Waals surface area contributed by atoms with E-state index < -0.39 is 0 Å². The molecule has 0 aliphatic carbocycles. The Labute approximate surface area is 120 Å². The number of hydrogen-bond acceptors (Lipinski definition) is 5. The molecule has 6 nitrogen and oxygen atoms in total. The Morgan fingerprint density at radius 1 is 1.50 bits per heavy atom. The Balaban J connectivity index is 1.75. The first-order valence-electron chi connectivity index (χ1n) is 6.11. The van der Waals surface area contributed by atoms with Crippen LogP contribution in [0.25, 0.3) is 0 Å². The molecule has 0 aromatic carbocycles. The highest BCUT2D eigenvalue weighted by atomic mass is 32.1. The molecule has 2 N–H and O–H groups in total. The Morgan fingerprint density at radius 2 is 2.40 bits per heavy atom. The lowest BCUT2D eigenvalue weighted by atomic mass is 10.3. The molecule has 0 saturated carbocycles. The van der Waals surface area contributed by atoms with Gasteiger partial charge in [-0.15, -0.1) is 16.4 Å². The van der Waals surface area contributed by atoms with Crippen molar-refractivity contribution in [3.05, 3.63) is 34.3 Å². The summed E-state index contributed by atoms with van der Waals surface area (Å²) in [4.78, 5) is 13.2. The van der Waals surface area contributed by atoms with E-state index in [9.17, 15) is 4.79 Å². The Hall–Kier alpha value is -2.17. The standard InChI is InChI=1S/C13H14N4O2S/c18-10-1-3-11-4-5-12(20-11)13(19)14-6-2-8-17-9-7-15-16-17/h4-5,7,9,18H,2,6,8,10H2,(H,14,19). The number of aliphatic hydroxyl groups is 1. The lowest BCUT2D eigenvalue weighted by Gasteiger charge is -2.03. The summed E-state index contributed by atoms with van der Waals surface area (Å²) in [5.74, 6) is 5.22. The third-order valence-electron chi connectivity index (χ3n) is 2.44. The van der Waals surface area contributed by atoms with Crippen LogP contribution >= 0.6 is 11.3 Å². The predicted octanol–water partition coefficient (Wildman–Crippen LogP) is 0.504. The molecule has 0 aliphatic heterocycles. The minimum Gasteiger partial charge on any atom is -0.384 e. The highest BCUT2D eigenvalue weighted by Gasteiger charge is 2.07. The Kier molecular flexibility index (Phi) is 5.29. The maximum atomic E-state index is 11.9. The van der Waals surface area contributed by atoms with Crippen LogP contribution < -0.4 is 5.32 Å². The molecule has 1 amide bonds. The summed E-state index contributed by atoms with van der Waals surface area (Å²) < 4.78 is 1.72. The number of nitrogens with zero attached hydrogens (tertiary/aromatic N) is 3. The lowest BCUT2D eigenvalue weighted by molar-refractivity contribution is 0.0956. The summed E-state index contributed by atoms with van der Waals surface area (Å²) in [5, 5.41) is 19.0. The smallest absolute Gasteiger partial charge is 0.261 e. The van der Waals surface area contributed by atoms with Crippen molar-refractivity contribution >= 4 is 17.2 Å². The lowest BCUT2D eigenvalue weighted by Crippen LogP contribution is -2.24. The fraction of sp³-hybridized carbons (Fsp3) is 0.308. The van der Waals surface area contributed by atoms with Crippen molar-refractivity contribution in [2.24, 2.45) is 0 Å². The zero-order chi connectivity index (χ0) is 14.2. The molecule has 0 saturated heterocycles. The van der Waals surface area contributed by atoms with E-state index in [0.717, 1.165) is 17.8 Å². The van der Waals surface area contributed by atoms with Gasteiger partial charge in [0.15, 0.2) is 0 Å². The topological polar surface area (TPSA) is 80.0 Å². The number of carbonyl (C=O) groups excluding carboxylic acids is 1. The summed E-state index contributed by atoms with van der Waals surface area (Å²) in [6, 6.07) is 3.51. The number of hydrogen-bond donors (Lipinski definition) is 2. The van der Waals surface area contributed by atoms with Crippen LogP contribution in [0.4, 0.5) is 0 Å². The average Bonchev–Trinajstić information content (AvgIpc) is 3.12. The van der Waals surface area contributed by atoms with Crippen LogP contribution in [-0.2, 0) is 6.54 Å². The minimum atomic E-state index is -0.179. The molecule has 2 heterocycles. The fourth-order valence-corrected chi connectivity index (χ4v) is 2.33. The van der Waals surface area contributed by atoms with Gasteiger partial charge in [0.2, 0.25) is 0 Å². The van der Waals surface area contributed by atoms with E-state index in [1.165, 1.54) is 11.3 Å². The number of amides is 1. The average molecular weight is 290 g/mol. The van der Waals surface area contributed by atoms with Crippen LogP contribution in [-0.4, -0.2) is 39.2 Å². The SMILES string of the molecule is O=C(NCCCn1ccnn1)c1ccc(C#CCO)s1. The molecule has 0 fully saturated rings. The van der Waals surface area contributed by atoms with Crippen LogP contribution in [0.5, 0.6) is 0 Å². The van der Waals surface area contributed by atoms with Crippen LogP contribution in [0.15, 0.2) is 24.5 Å². The van der Waals surface area contributed by atoms with Crippen molar-refractivity contribution in [2.45, 2.75) is 13.0 Å². The summed E-state index contributed by atoms with van der Waals surface area (Å²) in [6.07, 6.45) is 4.20. The largest absolute Gasteiger partial charge is 0.384 e. The molecule has 20 heavy (non-hydrogen) atoms. The van der Waals surface area contributed by atoms with Gasteiger partial charge in [0.05, 0.1) is 16.0 Å². The van der Waals surface area contributed by atoms with E-state index in [-0.39, 0.29) is 12.5 Å². The van der Waals surface area contributed by atoms with Crippen molar-refractivity contribution in [1.82, 2.24) is 20.3 Å². The second kappa shape index (κ2) is 7.43. The van der Waals surface area contributed by atoms with E-state index in [1.54, 1.807) is 29.2 Å². The molecule has 104 valence electrons. The van der Waals surface area contributed by atoms with Crippen LogP contribution in [0, 0.1) is 11.8 Å². The third-order valence-corrected chi connectivity index (χ3v) is 3.44. The third kappa shape index (κ3) is 4.19. The normalized spacial score (nSPS) is 9.85. The number of aliphatic hydroxyl groups excluding tert-OH is 1. The van der Waals surface area contributed by atoms with Crippen LogP contribution in [0.1, 0.15) is 21.0 Å². The van der Waals surface area contributed by atoms with E-state index in [4.69, 9.17) is 5.11 Å². The van der Waals surface area contributed by atoms with E-state index in [2.05, 4.69) is 27.5 Å². The molecule has 2 aromatic heterocycles. The van der Waals surface area contributed by atoms with Gasteiger partial charge in [0.25, 0.3) is 5.91 Å². The van der Waals surface area contributed by atoms with Crippen molar-refractivity contribution in [3.8, 4) is 11.8 Å². The van der Waals surface area contributed by atoms with Gasteiger partial charge in [-0.3, -0.25) is 9.48 Å². The van der Waals surface area contributed by atoms with Crippen molar-refractivity contribution in [2.75, 3.05) is 13.2 Å². The zero-order valence-corrected chi connectivity index (χ0v) is 11.6. The Morgan fingerprint density at radius 3 is 3.15 bits per heavy atom. The molecule has 0 unspecified atom stereocenters. The number of aryl methyl sites for hydroxylation is 1. The number of rotatable bonds is 5. The zero-order valence-electron chi connectivity index (χ0n) is 10.7. The maximum absolute atomic E-state index is 11.9. The van der Waals surface area contributed by atoms with Crippen molar-refractivity contribution < 1.29 is 9.90 Å². The molecule has 7 heteroatoms. The van der Waals surface area contributed by atoms with E-state index >= 15 is 0 Å². The van der Waals surface area contributed by atoms with Gasteiger partial charge in [0.1, 0.15) is 6.61 Å². The molecule has 2 rings (SSSR count). The number of nitrogens with one attached hydrogen (secondary N) is 1. The highest BCUT2D eigenvalue weighted by molar-refractivity contribution is 7.14. The number of carbonyl (C=O) groups is 1. The van der Waals surface area contributed by atoms with Gasteiger partial charge in [-0.25, -0.2) is 0 Å². The van der Waals surface area contributed by atoms with Gasteiger partial charge in [-0.05, 0) is 18.6 Å². The number of thiophene rings is 1. The molecule has 0 aliphatic rings. The van der Waals surface area contributed by atoms with Gasteiger partial charge < -0.3 is 10.4 Å². The molecular weight excluding hydrogens is 276 g/mol. The summed E-state index contributed by atoms with van der Waals surface area (Å²) in [7, 11) is 0.